The van der Waals surface area contributed by atoms with Crippen LogP contribution in [0.25, 0.3) is 0 Å². The lowest BCUT2D eigenvalue weighted by atomic mass is 10.2. The zero-order chi connectivity index (χ0) is 14.0. The fourth-order valence-corrected chi connectivity index (χ4v) is 1.47. The van der Waals surface area contributed by atoms with Crippen LogP contribution in [0.4, 0.5) is 24.5 Å². The summed E-state index contributed by atoms with van der Waals surface area (Å²) in [5, 5.41) is 11.2. The molecular formula is C13H8F3NO2. The first-order chi connectivity index (χ1) is 8.97. The third kappa shape index (κ3) is 2.85. The summed E-state index contributed by atoms with van der Waals surface area (Å²) < 4.78 is 39.1. The molecule has 0 aliphatic rings. The summed E-state index contributed by atoms with van der Waals surface area (Å²) in [5.74, 6) is -4.48. The number of benzene rings is 2. The smallest absolute Gasteiger partial charge is 0.335 e. The normalized spacial score (nSPS) is 10.3. The molecular weight excluding hydrogens is 259 g/mol. The summed E-state index contributed by atoms with van der Waals surface area (Å²) in [6, 6.07) is 6.53. The molecule has 0 aliphatic carbocycles. The predicted molar refractivity (Wildman–Crippen MR) is 63.0 cm³/mol. The van der Waals surface area contributed by atoms with Crippen LogP contribution in [-0.2, 0) is 0 Å². The van der Waals surface area contributed by atoms with Crippen molar-refractivity contribution in [1.82, 2.24) is 0 Å². The molecule has 19 heavy (non-hydrogen) atoms. The minimum atomic E-state index is -1.27. The Morgan fingerprint density at radius 2 is 1.53 bits per heavy atom. The van der Waals surface area contributed by atoms with Crippen LogP contribution in [0.3, 0.4) is 0 Å². The van der Waals surface area contributed by atoms with Crippen LogP contribution < -0.4 is 5.32 Å². The van der Waals surface area contributed by atoms with Gasteiger partial charge < -0.3 is 10.4 Å². The third-order valence-electron chi connectivity index (χ3n) is 2.42. The zero-order valence-electron chi connectivity index (χ0n) is 9.45. The van der Waals surface area contributed by atoms with Crippen molar-refractivity contribution >= 4 is 17.3 Å². The van der Waals surface area contributed by atoms with E-state index in [0.29, 0.717) is 17.8 Å². The van der Waals surface area contributed by atoms with Gasteiger partial charge in [0.1, 0.15) is 5.82 Å². The second-order valence-electron chi connectivity index (χ2n) is 3.75. The highest BCUT2D eigenvalue weighted by atomic mass is 19.2. The SMILES string of the molecule is O=C(O)c1ccc(Nc2cc(F)c(F)cc2F)cc1. The van der Waals surface area contributed by atoms with E-state index in [1.807, 2.05) is 0 Å². The summed E-state index contributed by atoms with van der Waals surface area (Å²) in [5.41, 5.74) is 0.188. The van der Waals surface area contributed by atoms with E-state index in [1.165, 1.54) is 24.3 Å². The van der Waals surface area contributed by atoms with Gasteiger partial charge in [0, 0.05) is 17.8 Å². The molecule has 0 spiro atoms. The van der Waals surface area contributed by atoms with Crippen molar-refractivity contribution in [2.45, 2.75) is 0 Å². The van der Waals surface area contributed by atoms with Crippen molar-refractivity contribution < 1.29 is 23.1 Å². The van der Waals surface area contributed by atoms with Crippen LogP contribution >= 0.6 is 0 Å². The van der Waals surface area contributed by atoms with Crippen molar-refractivity contribution in [3.8, 4) is 0 Å². The highest BCUT2D eigenvalue weighted by Crippen LogP contribution is 2.23. The lowest BCUT2D eigenvalue weighted by molar-refractivity contribution is 0.0697. The Balaban J connectivity index is 2.26. The van der Waals surface area contributed by atoms with Gasteiger partial charge in [-0.3, -0.25) is 0 Å². The molecule has 2 aromatic carbocycles. The number of carbonyl (C=O) groups is 1. The van der Waals surface area contributed by atoms with E-state index in [2.05, 4.69) is 5.32 Å². The number of halogens is 3. The van der Waals surface area contributed by atoms with Crippen LogP contribution in [0.1, 0.15) is 10.4 Å². The Morgan fingerprint density at radius 1 is 0.947 bits per heavy atom. The van der Waals surface area contributed by atoms with Gasteiger partial charge in [-0.15, -0.1) is 0 Å². The number of carboxylic acids is 1. The van der Waals surface area contributed by atoms with E-state index in [1.54, 1.807) is 0 Å². The van der Waals surface area contributed by atoms with Gasteiger partial charge in [-0.1, -0.05) is 0 Å². The number of carboxylic acid groups (broad SMARTS) is 1. The average molecular weight is 267 g/mol. The number of anilines is 2. The zero-order valence-corrected chi connectivity index (χ0v) is 9.45. The van der Waals surface area contributed by atoms with Gasteiger partial charge in [0.2, 0.25) is 0 Å². The largest absolute Gasteiger partial charge is 0.478 e. The first-order valence-electron chi connectivity index (χ1n) is 5.22. The van der Waals surface area contributed by atoms with Crippen molar-refractivity contribution in [2.24, 2.45) is 0 Å². The maximum atomic E-state index is 13.4. The van der Waals surface area contributed by atoms with Gasteiger partial charge >= 0.3 is 5.97 Å². The quantitative estimate of drug-likeness (QED) is 0.836. The molecule has 98 valence electrons. The van der Waals surface area contributed by atoms with Gasteiger partial charge in [0.15, 0.2) is 11.6 Å². The average Bonchev–Trinajstić information content (AvgIpc) is 2.36. The van der Waals surface area contributed by atoms with E-state index in [9.17, 15) is 18.0 Å². The van der Waals surface area contributed by atoms with Crippen LogP contribution in [0.2, 0.25) is 0 Å². The second-order valence-corrected chi connectivity index (χ2v) is 3.75. The van der Waals surface area contributed by atoms with E-state index in [4.69, 9.17) is 5.11 Å². The van der Waals surface area contributed by atoms with Crippen molar-refractivity contribution in [3.63, 3.8) is 0 Å². The predicted octanol–water partition coefficient (Wildman–Crippen LogP) is 3.55. The fraction of sp³-hybridized carbons (Fsp3) is 0. The molecule has 0 atom stereocenters. The van der Waals surface area contributed by atoms with Gasteiger partial charge in [0.05, 0.1) is 11.3 Å². The molecule has 0 saturated heterocycles. The third-order valence-corrected chi connectivity index (χ3v) is 2.42. The monoisotopic (exact) mass is 267 g/mol. The molecule has 2 rings (SSSR count). The Labute approximate surface area is 106 Å². The molecule has 0 aromatic heterocycles. The summed E-state index contributed by atoms with van der Waals surface area (Å²) in [6.07, 6.45) is 0. The van der Waals surface area contributed by atoms with Crippen LogP contribution in [-0.4, -0.2) is 11.1 Å². The molecule has 0 heterocycles. The highest BCUT2D eigenvalue weighted by molar-refractivity contribution is 5.88. The Kier molecular flexibility index (Phi) is 3.41. The standard InChI is InChI=1S/C13H8F3NO2/c14-9-5-11(16)12(6-10(9)15)17-8-3-1-7(2-4-8)13(18)19/h1-6,17H,(H,18,19). The second kappa shape index (κ2) is 5.01. The van der Waals surface area contributed by atoms with Crippen LogP contribution in [0, 0.1) is 17.5 Å². The minimum Gasteiger partial charge on any atom is -0.478 e. The molecule has 2 N–H and O–H groups in total. The first kappa shape index (κ1) is 12.9. The maximum Gasteiger partial charge on any atom is 0.335 e. The lowest BCUT2D eigenvalue weighted by Gasteiger charge is -2.08. The van der Waals surface area contributed by atoms with Crippen molar-refractivity contribution in [2.75, 3.05) is 5.32 Å². The van der Waals surface area contributed by atoms with Gasteiger partial charge in [0.25, 0.3) is 0 Å². The van der Waals surface area contributed by atoms with E-state index < -0.39 is 23.4 Å². The number of aromatic carboxylic acids is 1. The number of hydrogen-bond acceptors (Lipinski definition) is 2. The lowest BCUT2D eigenvalue weighted by Crippen LogP contribution is -1.99. The summed E-state index contributed by atoms with van der Waals surface area (Å²) in [6.45, 7) is 0. The molecule has 0 amide bonds. The molecule has 0 unspecified atom stereocenters. The Morgan fingerprint density at radius 3 is 2.11 bits per heavy atom. The minimum absolute atomic E-state index is 0.0660. The topological polar surface area (TPSA) is 49.3 Å². The number of nitrogens with one attached hydrogen (secondary N) is 1. The number of rotatable bonds is 3. The Hall–Kier alpha value is -2.50. The summed E-state index contributed by atoms with van der Waals surface area (Å²) >= 11 is 0. The molecule has 0 saturated carbocycles. The molecule has 0 bridgehead atoms. The molecule has 0 aliphatic heterocycles. The first-order valence-corrected chi connectivity index (χ1v) is 5.22. The molecule has 3 nitrogen and oxygen atoms in total. The molecule has 6 heteroatoms. The van der Waals surface area contributed by atoms with Crippen molar-refractivity contribution in [1.29, 1.82) is 0 Å². The maximum absolute atomic E-state index is 13.4. The van der Waals surface area contributed by atoms with Crippen molar-refractivity contribution in [3.05, 3.63) is 59.4 Å². The van der Waals surface area contributed by atoms with Gasteiger partial charge in [-0.05, 0) is 24.3 Å². The molecule has 0 fully saturated rings. The molecule has 0 radical (unpaired) electrons. The van der Waals surface area contributed by atoms with E-state index in [-0.39, 0.29) is 11.3 Å². The fourth-order valence-electron chi connectivity index (χ4n) is 1.47. The van der Waals surface area contributed by atoms with Gasteiger partial charge in [-0.2, -0.15) is 0 Å². The Bertz CT molecular complexity index is 627. The van der Waals surface area contributed by atoms with Crippen LogP contribution in [0.5, 0.6) is 0 Å². The summed E-state index contributed by atoms with van der Waals surface area (Å²) in [4.78, 5) is 10.6. The van der Waals surface area contributed by atoms with E-state index in [0.717, 1.165) is 0 Å². The van der Waals surface area contributed by atoms with Gasteiger partial charge in [-0.25, -0.2) is 18.0 Å². The molecule has 2 aromatic rings. The highest BCUT2D eigenvalue weighted by Gasteiger charge is 2.10. The van der Waals surface area contributed by atoms with E-state index >= 15 is 0 Å². The van der Waals surface area contributed by atoms with Crippen LogP contribution in [0.15, 0.2) is 36.4 Å². The summed E-state index contributed by atoms with van der Waals surface area (Å²) in [7, 11) is 0. The number of hydrogen-bond donors (Lipinski definition) is 2.